The fourth-order valence-electron chi connectivity index (χ4n) is 2.29. The first-order valence-electron chi connectivity index (χ1n) is 6.79. The molecule has 2 rings (SSSR count). The Hall–Kier alpha value is -2.04. The number of carbonyl (C=O) groups is 2. The van der Waals surface area contributed by atoms with Gasteiger partial charge >= 0.3 is 5.97 Å². The van der Waals surface area contributed by atoms with E-state index in [1.54, 1.807) is 31.4 Å². The molecule has 1 aliphatic carbocycles. The van der Waals surface area contributed by atoms with E-state index in [4.69, 9.17) is 9.47 Å². The Balaban J connectivity index is 1.75. The number of hydrogen-bond acceptors (Lipinski definition) is 4. The Kier molecular flexibility index (Phi) is 4.98. The van der Waals surface area contributed by atoms with Crippen LogP contribution in [0.2, 0.25) is 0 Å². The number of carbonyl (C=O) groups excluding carboxylic acids is 2. The average molecular weight is 277 g/mol. The van der Waals surface area contributed by atoms with Gasteiger partial charge in [-0.15, -0.1) is 0 Å². The highest BCUT2D eigenvalue weighted by molar-refractivity contribution is 5.92. The van der Waals surface area contributed by atoms with Gasteiger partial charge in [0.05, 0.1) is 13.0 Å². The van der Waals surface area contributed by atoms with Gasteiger partial charge in [-0.1, -0.05) is 12.8 Å². The maximum absolute atomic E-state index is 11.7. The van der Waals surface area contributed by atoms with Crippen molar-refractivity contribution in [3.05, 3.63) is 24.3 Å². The third kappa shape index (κ3) is 3.98. The Morgan fingerprint density at radius 3 is 2.45 bits per heavy atom. The van der Waals surface area contributed by atoms with E-state index < -0.39 is 0 Å². The van der Waals surface area contributed by atoms with Crippen LogP contribution in [-0.2, 0) is 14.3 Å². The van der Waals surface area contributed by atoms with E-state index in [9.17, 15) is 9.59 Å². The lowest BCUT2D eigenvalue weighted by Gasteiger charge is -2.10. The molecule has 5 heteroatoms. The first kappa shape index (κ1) is 14.4. The second-order valence-electron chi connectivity index (χ2n) is 4.87. The van der Waals surface area contributed by atoms with Crippen LogP contribution >= 0.6 is 0 Å². The number of anilines is 1. The summed E-state index contributed by atoms with van der Waals surface area (Å²) in [4.78, 5) is 23.3. The molecule has 0 atom stereocenters. The number of benzene rings is 1. The highest BCUT2D eigenvalue weighted by Crippen LogP contribution is 2.25. The number of esters is 1. The van der Waals surface area contributed by atoms with E-state index in [0.717, 1.165) is 31.4 Å². The van der Waals surface area contributed by atoms with Crippen LogP contribution in [0.5, 0.6) is 5.75 Å². The first-order valence-corrected chi connectivity index (χ1v) is 6.79. The van der Waals surface area contributed by atoms with Crippen molar-refractivity contribution in [2.75, 3.05) is 19.0 Å². The van der Waals surface area contributed by atoms with Crippen LogP contribution in [0.3, 0.4) is 0 Å². The minimum atomic E-state index is -0.332. The zero-order chi connectivity index (χ0) is 14.4. The predicted octanol–water partition coefficient (Wildman–Crippen LogP) is 2.37. The van der Waals surface area contributed by atoms with Crippen LogP contribution in [0.25, 0.3) is 0 Å². The highest BCUT2D eigenvalue weighted by Gasteiger charge is 2.24. The summed E-state index contributed by atoms with van der Waals surface area (Å²) in [6.45, 7) is -0.235. The van der Waals surface area contributed by atoms with Gasteiger partial charge in [0.2, 0.25) is 0 Å². The van der Waals surface area contributed by atoms with Gasteiger partial charge in [0.1, 0.15) is 5.75 Å². The van der Waals surface area contributed by atoms with Gasteiger partial charge in [0.15, 0.2) is 6.61 Å². The zero-order valence-corrected chi connectivity index (χ0v) is 11.6. The van der Waals surface area contributed by atoms with Gasteiger partial charge < -0.3 is 14.8 Å². The molecule has 1 fully saturated rings. The molecule has 1 aliphatic rings. The van der Waals surface area contributed by atoms with E-state index in [1.807, 2.05) is 0 Å². The Bertz CT molecular complexity index is 463. The van der Waals surface area contributed by atoms with E-state index in [1.165, 1.54) is 0 Å². The number of hydrogen-bond donors (Lipinski definition) is 1. The van der Waals surface area contributed by atoms with Gasteiger partial charge in [-0.3, -0.25) is 9.59 Å². The van der Waals surface area contributed by atoms with Crippen molar-refractivity contribution in [3.8, 4) is 5.75 Å². The van der Waals surface area contributed by atoms with Gasteiger partial charge in [-0.2, -0.15) is 0 Å². The van der Waals surface area contributed by atoms with Crippen LogP contribution in [0.4, 0.5) is 5.69 Å². The standard InChI is InChI=1S/C15H19NO4/c1-19-13-8-6-12(7-9-13)16-14(17)10-20-15(18)11-4-2-3-5-11/h6-9,11H,2-5,10H2,1H3,(H,16,17). The summed E-state index contributed by atoms with van der Waals surface area (Å²) in [5, 5.41) is 2.67. The lowest BCUT2D eigenvalue weighted by molar-refractivity contribution is -0.151. The molecule has 20 heavy (non-hydrogen) atoms. The van der Waals surface area contributed by atoms with Crippen molar-refractivity contribution in [1.82, 2.24) is 0 Å². The van der Waals surface area contributed by atoms with Gasteiger partial charge in [-0.25, -0.2) is 0 Å². The van der Waals surface area contributed by atoms with Crippen molar-refractivity contribution >= 4 is 17.6 Å². The molecule has 1 aromatic carbocycles. The minimum absolute atomic E-state index is 0.0243. The van der Waals surface area contributed by atoms with Crippen LogP contribution in [0.1, 0.15) is 25.7 Å². The highest BCUT2D eigenvalue weighted by atomic mass is 16.5. The van der Waals surface area contributed by atoms with Crippen LogP contribution in [0.15, 0.2) is 24.3 Å². The second-order valence-corrected chi connectivity index (χ2v) is 4.87. The summed E-state index contributed by atoms with van der Waals surface area (Å²) in [6.07, 6.45) is 3.88. The number of ether oxygens (including phenoxy) is 2. The molecule has 0 heterocycles. The van der Waals surface area contributed by atoms with Crippen LogP contribution in [0, 0.1) is 5.92 Å². The van der Waals surface area contributed by atoms with Crippen molar-refractivity contribution < 1.29 is 19.1 Å². The molecular weight excluding hydrogens is 258 g/mol. The molecule has 1 saturated carbocycles. The smallest absolute Gasteiger partial charge is 0.309 e. The van der Waals surface area contributed by atoms with Crippen molar-refractivity contribution in [2.45, 2.75) is 25.7 Å². The van der Waals surface area contributed by atoms with Crippen LogP contribution in [-0.4, -0.2) is 25.6 Å². The van der Waals surface area contributed by atoms with Crippen molar-refractivity contribution in [2.24, 2.45) is 5.92 Å². The van der Waals surface area contributed by atoms with E-state index >= 15 is 0 Å². The molecular formula is C15H19NO4. The maximum atomic E-state index is 11.7. The number of methoxy groups -OCH3 is 1. The quantitative estimate of drug-likeness (QED) is 0.839. The predicted molar refractivity (Wildman–Crippen MR) is 74.5 cm³/mol. The minimum Gasteiger partial charge on any atom is -0.497 e. The third-order valence-electron chi connectivity index (χ3n) is 3.41. The SMILES string of the molecule is COc1ccc(NC(=O)COC(=O)C2CCCC2)cc1. The number of rotatable bonds is 5. The zero-order valence-electron chi connectivity index (χ0n) is 11.6. The van der Waals surface area contributed by atoms with Gasteiger partial charge in [-0.05, 0) is 37.1 Å². The molecule has 0 spiro atoms. The van der Waals surface area contributed by atoms with Crippen molar-refractivity contribution in [3.63, 3.8) is 0 Å². The Morgan fingerprint density at radius 1 is 1.20 bits per heavy atom. The van der Waals surface area contributed by atoms with Gasteiger partial charge in [0.25, 0.3) is 5.91 Å². The monoisotopic (exact) mass is 277 g/mol. The summed E-state index contributed by atoms with van der Waals surface area (Å²) < 4.78 is 10.1. The Labute approximate surface area is 118 Å². The summed E-state index contributed by atoms with van der Waals surface area (Å²) in [5.74, 6) is 0.105. The van der Waals surface area contributed by atoms with E-state index in [-0.39, 0.29) is 24.4 Å². The summed E-state index contributed by atoms with van der Waals surface area (Å²) in [5.41, 5.74) is 0.646. The molecule has 0 aliphatic heterocycles. The fourth-order valence-corrected chi connectivity index (χ4v) is 2.29. The second kappa shape index (κ2) is 6.93. The third-order valence-corrected chi connectivity index (χ3v) is 3.41. The lowest BCUT2D eigenvalue weighted by Crippen LogP contribution is -2.23. The number of amides is 1. The molecule has 108 valence electrons. The van der Waals surface area contributed by atoms with Gasteiger partial charge in [0, 0.05) is 5.69 Å². The molecule has 0 bridgehead atoms. The first-order chi connectivity index (χ1) is 9.69. The normalized spacial score (nSPS) is 14.8. The molecule has 1 N–H and O–H groups in total. The van der Waals surface area contributed by atoms with E-state index in [0.29, 0.717) is 5.69 Å². The average Bonchev–Trinajstić information content (AvgIpc) is 3.00. The summed E-state index contributed by atoms with van der Waals surface area (Å²) in [6, 6.07) is 6.96. The molecule has 1 aromatic rings. The number of nitrogens with one attached hydrogen (secondary N) is 1. The van der Waals surface area contributed by atoms with Crippen LogP contribution < -0.4 is 10.1 Å². The largest absolute Gasteiger partial charge is 0.497 e. The van der Waals surface area contributed by atoms with Crippen molar-refractivity contribution in [1.29, 1.82) is 0 Å². The molecule has 1 amide bonds. The molecule has 0 aromatic heterocycles. The topological polar surface area (TPSA) is 64.6 Å². The van der Waals surface area contributed by atoms with E-state index in [2.05, 4.69) is 5.32 Å². The summed E-state index contributed by atoms with van der Waals surface area (Å²) >= 11 is 0. The molecule has 0 saturated heterocycles. The maximum Gasteiger partial charge on any atom is 0.309 e. The molecule has 0 unspecified atom stereocenters. The lowest BCUT2D eigenvalue weighted by atomic mass is 10.1. The molecule has 0 radical (unpaired) electrons. The summed E-state index contributed by atoms with van der Waals surface area (Å²) in [7, 11) is 1.58. The molecule has 5 nitrogen and oxygen atoms in total. The Morgan fingerprint density at radius 2 is 1.85 bits per heavy atom. The fraction of sp³-hybridized carbons (Fsp3) is 0.467.